The van der Waals surface area contributed by atoms with Crippen molar-refractivity contribution < 1.29 is 9.13 Å². The predicted octanol–water partition coefficient (Wildman–Crippen LogP) is 3.64. The van der Waals surface area contributed by atoms with E-state index in [1.165, 1.54) is 19.0 Å². The number of nitrogens with one attached hydrogen (secondary N) is 2. The van der Waals surface area contributed by atoms with E-state index < -0.39 is 0 Å². The van der Waals surface area contributed by atoms with Gasteiger partial charge in [0.25, 0.3) is 0 Å². The summed E-state index contributed by atoms with van der Waals surface area (Å²) in [6.45, 7) is 10.9. The van der Waals surface area contributed by atoms with Crippen molar-refractivity contribution in [1.29, 1.82) is 0 Å². The van der Waals surface area contributed by atoms with Gasteiger partial charge in [0.15, 0.2) is 17.5 Å². The summed E-state index contributed by atoms with van der Waals surface area (Å²) in [4.78, 5) is 7.14. The topological polar surface area (TPSA) is 48.9 Å². The number of benzene rings is 1. The van der Waals surface area contributed by atoms with Crippen LogP contribution in [0, 0.1) is 5.82 Å². The molecule has 1 aromatic rings. The number of aliphatic imine (C=N–C) groups is 1. The Hall–Kier alpha value is -1.09. The monoisotopic (exact) mass is 492 g/mol. The third-order valence-electron chi connectivity index (χ3n) is 4.48. The number of ether oxygens (including phenoxy) is 1. The van der Waals surface area contributed by atoms with Crippen LogP contribution in [0.1, 0.15) is 40.0 Å². The van der Waals surface area contributed by atoms with Gasteiger partial charge in [0, 0.05) is 25.7 Å². The Morgan fingerprint density at radius 1 is 1.30 bits per heavy atom. The largest absolute Gasteiger partial charge is 0.486 e. The zero-order valence-corrected chi connectivity index (χ0v) is 19.0. The molecule has 27 heavy (non-hydrogen) atoms. The molecule has 1 unspecified atom stereocenters. The number of hydrogen-bond donors (Lipinski definition) is 2. The smallest absolute Gasteiger partial charge is 0.191 e. The Kier molecular flexibility index (Phi) is 11.7. The highest BCUT2D eigenvalue weighted by Crippen LogP contribution is 2.17. The first-order valence-electron chi connectivity index (χ1n) is 9.80. The molecule has 5 nitrogen and oxygen atoms in total. The van der Waals surface area contributed by atoms with Gasteiger partial charge in [-0.1, -0.05) is 19.1 Å². The summed E-state index contributed by atoms with van der Waals surface area (Å²) in [6.07, 6.45) is 3.27. The van der Waals surface area contributed by atoms with Crippen molar-refractivity contribution in [3.63, 3.8) is 0 Å². The SMILES string of the molecule is CCCN1CCC(NC(=NCC(C)Oc2ccccc2F)NCC)CC1.I. The third kappa shape index (κ3) is 8.64. The fraction of sp³-hybridized carbons (Fsp3) is 0.650. The first kappa shape index (κ1) is 23.9. The molecule has 7 heteroatoms. The van der Waals surface area contributed by atoms with E-state index in [1.54, 1.807) is 18.2 Å². The summed E-state index contributed by atoms with van der Waals surface area (Å²) in [5.74, 6) is 0.745. The average Bonchev–Trinajstić information content (AvgIpc) is 2.64. The summed E-state index contributed by atoms with van der Waals surface area (Å²) in [5, 5.41) is 6.83. The van der Waals surface area contributed by atoms with Gasteiger partial charge in [0.05, 0.1) is 6.54 Å². The molecule has 2 rings (SSSR count). The van der Waals surface area contributed by atoms with Crippen molar-refractivity contribution in [2.45, 2.75) is 52.2 Å². The molecule has 1 aliphatic rings. The molecule has 0 bridgehead atoms. The summed E-state index contributed by atoms with van der Waals surface area (Å²) in [7, 11) is 0. The lowest BCUT2D eigenvalue weighted by Crippen LogP contribution is -2.49. The molecule has 0 aliphatic carbocycles. The van der Waals surface area contributed by atoms with Crippen LogP contribution in [-0.4, -0.2) is 55.7 Å². The van der Waals surface area contributed by atoms with E-state index in [4.69, 9.17) is 4.74 Å². The number of guanidine groups is 1. The number of rotatable bonds is 8. The lowest BCUT2D eigenvalue weighted by Gasteiger charge is -2.32. The Labute approximate surface area is 180 Å². The summed E-state index contributed by atoms with van der Waals surface area (Å²) in [6, 6.07) is 6.92. The number of nitrogens with zero attached hydrogens (tertiary/aromatic N) is 2. The molecule has 154 valence electrons. The van der Waals surface area contributed by atoms with E-state index in [2.05, 4.69) is 34.4 Å². The summed E-state index contributed by atoms with van der Waals surface area (Å²) >= 11 is 0. The van der Waals surface area contributed by atoms with Gasteiger partial charge in [-0.2, -0.15) is 0 Å². The molecule has 0 radical (unpaired) electrons. The number of hydrogen-bond acceptors (Lipinski definition) is 3. The first-order valence-corrected chi connectivity index (χ1v) is 9.80. The van der Waals surface area contributed by atoms with Crippen molar-refractivity contribution in [3.8, 4) is 5.75 Å². The standard InChI is InChI=1S/C20H33FN4O.HI/c1-4-12-25-13-10-17(11-14-25)24-20(22-5-2)23-15-16(3)26-19-9-7-6-8-18(19)21;/h6-9,16-17H,4-5,10-15H2,1-3H3,(H2,22,23,24);1H. The molecule has 1 atom stereocenters. The van der Waals surface area contributed by atoms with Gasteiger partial charge in [0.2, 0.25) is 0 Å². The summed E-state index contributed by atoms with van der Waals surface area (Å²) < 4.78 is 19.3. The van der Waals surface area contributed by atoms with Gasteiger partial charge < -0.3 is 20.3 Å². The van der Waals surface area contributed by atoms with Crippen molar-refractivity contribution in [1.82, 2.24) is 15.5 Å². The zero-order chi connectivity index (χ0) is 18.8. The minimum Gasteiger partial charge on any atom is -0.486 e. The molecule has 0 saturated carbocycles. The summed E-state index contributed by atoms with van der Waals surface area (Å²) in [5.41, 5.74) is 0. The number of piperidine rings is 1. The van der Waals surface area contributed by atoms with Crippen LogP contribution in [0.4, 0.5) is 4.39 Å². The van der Waals surface area contributed by atoms with Crippen LogP contribution in [0.5, 0.6) is 5.75 Å². The third-order valence-corrected chi connectivity index (χ3v) is 4.48. The van der Waals surface area contributed by atoms with Crippen LogP contribution < -0.4 is 15.4 Å². The van der Waals surface area contributed by atoms with E-state index in [9.17, 15) is 4.39 Å². The maximum atomic E-state index is 13.7. The quantitative estimate of drug-likeness (QED) is 0.331. The van der Waals surface area contributed by atoms with E-state index in [0.717, 1.165) is 38.4 Å². The Morgan fingerprint density at radius 3 is 2.63 bits per heavy atom. The van der Waals surface area contributed by atoms with Crippen LogP contribution >= 0.6 is 24.0 Å². The highest BCUT2D eigenvalue weighted by atomic mass is 127. The Morgan fingerprint density at radius 2 is 2.00 bits per heavy atom. The van der Waals surface area contributed by atoms with Gasteiger partial charge in [-0.05, 0) is 51.8 Å². The first-order chi connectivity index (χ1) is 12.6. The van der Waals surface area contributed by atoms with Gasteiger partial charge in [-0.15, -0.1) is 24.0 Å². The average molecular weight is 492 g/mol. The molecule has 0 amide bonds. The van der Waals surface area contributed by atoms with Gasteiger partial charge in [-0.3, -0.25) is 0 Å². The van der Waals surface area contributed by atoms with Crippen molar-refractivity contribution in [3.05, 3.63) is 30.1 Å². The van der Waals surface area contributed by atoms with E-state index in [-0.39, 0.29) is 41.6 Å². The minimum absolute atomic E-state index is 0. The fourth-order valence-electron chi connectivity index (χ4n) is 3.14. The molecule has 1 fully saturated rings. The second kappa shape index (κ2) is 13.1. The second-order valence-corrected chi connectivity index (χ2v) is 6.84. The zero-order valence-electron chi connectivity index (χ0n) is 16.7. The number of para-hydroxylation sites is 1. The molecular weight excluding hydrogens is 458 g/mol. The highest BCUT2D eigenvalue weighted by molar-refractivity contribution is 14.0. The minimum atomic E-state index is -0.341. The van der Waals surface area contributed by atoms with Gasteiger partial charge >= 0.3 is 0 Å². The molecule has 2 N–H and O–H groups in total. The predicted molar refractivity (Wildman–Crippen MR) is 121 cm³/mol. The van der Waals surface area contributed by atoms with E-state index in [1.807, 2.05) is 6.92 Å². The van der Waals surface area contributed by atoms with Crippen molar-refractivity contribution in [2.75, 3.05) is 32.7 Å². The molecule has 1 aliphatic heterocycles. The fourth-order valence-corrected chi connectivity index (χ4v) is 3.14. The van der Waals surface area contributed by atoms with Crippen LogP contribution in [0.2, 0.25) is 0 Å². The van der Waals surface area contributed by atoms with Crippen LogP contribution in [0.15, 0.2) is 29.3 Å². The molecule has 1 saturated heterocycles. The molecule has 1 aromatic carbocycles. The Balaban J connectivity index is 0.00000364. The van der Waals surface area contributed by atoms with Gasteiger partial charge in [0.1, 0.15) is 6.10 Å². The number of likely N-dealkylation sites (tertiary alicyclic amines) is 1. The maximum absolute atomic E-state index is 13.7. The van der Waals surface area contributed by atoms with Crippen LogP contribution in [-0.2, 0) is 0 Å². The van der Waals surface area contributed by atoms with Crippen LogP contribution in [0.3, 0.4) is 0 Å². The highest BCUT2D eigenvalue weighted by Gasteiger charge is 2.19. The van der Waals surface area contributed by atoms with Gasteiger partial charge in [-0.25, -0.2) is 9.38 Å². The lowest BCUT2D eigenvalue weighted by atomic mass is 10.1. The molecule has 1 heterocycles. The molecule has 0 aromatic heterocycles. The lowest BCUT2D eigenvalue weighted by molar-refractivity contribution is 0.205. The van der Waals surface area contributed by atoms with Crippen molar-refractivity contribution >= 4 is 29.9 Å². The maximum Gasteiger partial charge on any atom is 0.191 e. The molecule has 0 spiro atoms. The Bertz CT molecular complexity index is 565. The number of halogens is 2. The van der Waals surface area contributed by atoms with Crippen molar-refractivity contribution in [2.24, 2.45) is 4.99 Å². The van der Waals surface area contributed by atoms with E-state index >= 15 is 0 Å². The normalized spacial score (nSPS) is 17.1. The second-order valence-electron chi connectivity index (χ2n) is 6.84. The molecular formula is C20H34FIN4O. The van der Waals surface area contributed by atoms with E-state index in [0.29, 0.717) is 12.6 Å². The van der Waals surface area contributed by atoms with Crippen LogP contribution in [0.25, 0.3) is 0 Å².